The minimum Gasteiger partial charge on any atom is -0.325 e. The van der Waals surface area contributed by atoms with Gasteiger partial charge in [0.05, 0.1) is 5.56 Å². The van der Waals surface area contributed by atoms with E-state index in [0.717, 1.165) is 43.4 Å². The summed E-state index contributed by atoms with van der Waals surface area (Å²) < 4.78 is 37.4. The third-order valence-corrected chi connectivity index (χ3v) is 4.13. The normalized spacial score (nSPS) is 20.9. The molecule has 0 radical (unpaired) electrons. The Kier molecular flexibility index (Phi) is 3.41. The Balaban J connectivity index is 2.19. The zero-order valence-corrected chi connectivity index (χ0v) is 10.4. The molecule has 0 aliphatic heterocycles. The van der Waals surface area contributed by atoms with E-state index in [9.17, 15) is 13.2 Å². The highest BCUT2D eigenvalue weighted by Gasteiger charge is 2.36. The first-order valence-electron chi connectivity index (χ1n) is 6.29. The van der Waals surface area contributed by atoms with Gasteiger partial charge in [-0.05, 0) is 36.5 Å². The molecule has 1 saturated carbocycles. The average Bonchev–Trinajstić information content (AvgIpc) is 2.75. The number of halogens is 3. The fourth-order valence-electron chi connectivity index (χ4n) is 2.76. The number of rotatable bonds is 2. The first kappa shape index (κ1) is 13.4. The van der Waals surface area contributed by atoms with Crippen LogP contribution in [0.15, 0.2) is 24.3 Å². The van der Waals surface area contributed by atoms with Crippen molar-refractivity contribution in [2.75, 3.05) is 0 Å². The standard InChI is InChI=1S/C14H18F3N/c1-10(13(18)8-2-3-9-13)11-4-6-12(7-5-11)14(15,16)17/h4-7,10H,2-3,8-9,18H2,1H3. The van der Waals surface area contributed by atoms with Crippen LogP contribution < -0.4 is 5.73 Å². The van der Waals surface area contributed by atoms with Crippen molar-refractivity contribution in [3.8, 4) is 0 Å². The summed E-state index contributed by atoms with van der Waals surface area (Å²) >= 11 is 0. The zero-order valence-electron chi connectivity index (χ0n) is 10.4. The molecule has 0 bridgehead atoms. The van der Waals surface area contributed by atoms with Gasteiger partial charge in [0, 0.05) is 5.54 Å². The highest BCUT2D eigenvalue weighted by molar-refractivity contribution is 5.29. The summed E-state index contributed by atoms with van der Waals surface area (Å²) in [6.07, 6.45) is -0.136. The van der Waals surface area contributed by atoms with Gasteiger partial charge in [-0.25, -0.2) is 0 Å². The Morgan fingerprint density at radius 1 is 1.11 bits per heavy atom. The molecule has 4 heteroatoms. The maximum absolute atomic E-state index is 12.5. The van der Waals surface area contributed by atoms with Crippen LogP contribution in [0.1, 0.15) is 49.7 Å². The van der Waals surface area contributed by atoms with Gasteiger partial charge in [0.25, 0.3) is 0 Å². The van der Waals surface area contributed by atoms with Crippen LogP contribution in [-0.4, -0.2) is 5.54 Å². The first-order valence-corrected chi connectivity index (χ1v) is 6.29. The molecule has 1 aromatic carbocycles. The lowest BCUT2D eigenvalue weighted by Gasteiger charge is -2.31. The molecule has 1 aliphatic rings. The predicted molar refractivity (Wildman–Crippen MR) is 65.2 cm³/mol. The Bertz CT molecular complexity index is 402. The maximum Gasteiger partial charge on any atom is 0.416 e. The molecule has 1 aliphatic carbocycles. The second kappa shape index (κ2) is 4.57. The van der Waals surface area contributed by atoms with E-state index in [-0.39, 0.29) is 11.5 Å². The van der Waals surface area contributed by atoms with Crippen LogP contribution in [0.4, 0.5) is 13.2 Å². The van der Waals surface area contributed by atoms with E-state index in [0.29, 0.717) is 0 Å². The molecule has 1 aromatic rings. The van der Waals surface area contributed by atoms with Gasteiger partial charge >= 0.3 is 6.18 Å². The molecule has 1 fully saturated rings. The first-order chi connectivity index (χ1) is 8.33. The summed E-state index contributed by atoms with van der Waals surface area (Å²) in [4.78, 5) is 0. The number of alkyl halides is 3. The number of hydrogen-bond donors (Lipinski definition) is 1. The predicted octanol–water partition coefficient (Wildman–Crippen LogP) is 4.08. The molecule has 0 spiro atoms. The topological polar surface area (TPSA) is 26.0 Å². The molecule has 18 heavy (non-hydrogen) atoms. The quantitative estimate of drug-likeness (QED) is 0.848. The molecular weight excluding hydrogens is 239 g/mol. The Hall–Kier alpha value is -1.03. The van der Waals surface area contributed by atoms with E-state index in [1.807, 2.05) is 6.92 Å². The maximum atomic E-state index is 12.5. The van der Waals surface area contributed by atoms with Crippen molar-refractivity contribution in [3.05, 3.63) is 35.4 Å². The number of nitrogens with two attached hydrogens (primary N) is 1. The lowest BCUT2D eigenvalue weighted by Crippen LogP contribution is -2.41. The third-order valence-electron chi connectivity index (χ3n) is 4.13. The van der Waals surface area contributed by atoms with Crippen molar-refractivity contribution in [1.29, 1.82) is 0 Å². The Morgan fingerprint density at radius 2 is 1.61 bits per heavy atom. The van der Waals surface area contributed by atoms with Crippen LogP contribution in [0.5, 0.6) is 0 Å². The second-order valence-electron chi connectivity index (χ2n) is 5.28. The van der Waals surface area contributed by atoms with Crippen molar-refractivity contribution < 1.29 is 13.2 Å². The molecule has 1 atom stereocenters. The van der Waals surface area contributed by atoms with Crippen molar-refractivity contribution in [1.82, 2.24) is 0 Å². The van der Waals surface area contributed by atoms with Gasteiger partial charge in [-0.15, -0.1) is 0 Å². The van der Waals surface area contributed by atoms with Crippen LogP contribution in [0.2, 0.25) is 0 Å². The van der Waals surface area contributed by atoms with Gasteiger partial charge in [-0.1, -0.05) is 31.9 Å². The Labute approximate surface area is 105 Å². The SMILES string of the molecule is CC(c1ccc(C(F)(F)F)cc1)C1(N)CCCC1. The van der Waals surface area contributed by atoms with E-state index in [1.165, 1.54) is 0 Å². The van der Waals surface area contributed by atoms with Crippen LogP contribution in [0.3, 0.4) is 0 Å². The molecule has 0 heterocycles. The molecule has 1 unspecified atom stereocenters. The van der Waals surface area contributed by atoms with Crippen molar-refractivity contribution in [2.45, 2.75) is 50.2 Å². The largest absolute Gasteiger partial charge is 0.416 e. The summed E-state index contributed by atoms with van der Waals surface area (Å²) in [6, 6.07) is 5.40. The van der Waals surface area contributed by atoms with Crippen molar-refractivity contribution >= 4 is 0 Å². The summed E-state index contributed by atoms with van der Waals surface area (Å²) in [7, 11) is 0. The number of benzene rings is 1. The van der Waals surface area contributed by atoms with Crippen LogP contribution >= 0.6 is 0 Å². The van der Waals surface area contributed by atoms with Crippen molar-refractivity contribution in [2.24, 2.45) is 5.73 Å². The number of hydrogen-bond acceptors (Lipinski definition) is 1. The third kappa shape index (κ3) is 2.53. The minimum absolute atomic E-state index is 0.0993. The van der Waals surface area contributed by atoms with Gasteiger partial charge < -0.3 is 5.73 Å². The lowest BCUT2D eigenvalue weighted by atomic mass is 9.80. The van der Waals surface area contributed by atoms with Gasteiger partial charge in [0.15, 0.2) is 0 Å². The van der Waals surface area contributed by atoms with Crippen LogP contribution in [0, 0.1) is 0 Å². The average molecular weight is 257 g/mol. The van der Waals surface area contributed by atoms with Gasteiger partial charge in [0.2, 0.25) is 0 Å². The van der Waals surface area contributed by atoms with Crippen LogP contribution in [-0.2, 0) is 6.18 Å². The highest BCUT2D eigenvalue weighted by Crippen LogP contribution is 2.39. The highest BCUT2D eigenvalue weighted by atomic mass is 19.4. The summed E-state index contributed by atoms with van der Waals surface area (Å²) in [5.74, 6) is 0.0993. The summed E-state index contributed by atoms with van der Waals surface area (Å²) in [5, 5.41) is 0. The molecule has 0 saturated heterocycles. The summed E-state index contributed by atoms with van der Waals surface area (Å²) in [5.41, 5.74) is 6.38. The molecule has 1 nitrogen and oxygen atoms in total. The fourth-order valence-corrected chi connectivity index (χ4v) is 2.76. The van der Waals surface area contributed by atoms with Gasteiger partial charge in [-0.2, -0.15) is 13.2 Å². The van der Waals surface area contributed by atoms with Gasteiger partial charge in [-0.3, -0.25) is 0 Å². The second-order valence-corrected chi connectivity index (χ2v) is 5.28. The fraction of sp³-hybridized carbons (Fsp3) is 0.571. The lowest BCUT2D eigenvalue weighted by molar-refractivity contribution is -0.137. The smallest absolute Gasteiger partial charge is 0.325 e. The Morgan fingerprint density at radius 3 is 2.06 bits per heavy atom. The monoisotopic (exact) mass is 257 g/mol. The molecule has 100 valence electrons. The van der Waals surface area contributed by atoms with E-state index in [4.69, 9.17) is 5.73 Å². The molecule has 2 rings (SSSR count). The summed E-state index contributed by atoms with van der Waals surface area (Å²) in [6.45, 7) is 2.01. The van der Waals surface area contributed by atoms with E-state index in [1.54, 1.807) is 12.1 Å². The zero-order chi connectivity index (χ0) is 13.4. The molecule has 0 amide bonds. The van der Waals surface area contributed by atoms with Gasteiger partial charge in [0.1, 0.15) is 0 Å². The van der Waals surface area contributed by atoms with E-state index < -0.39 is 11.7 Å². The minimum atomic E-state index is -4.27. The molecule has 0 aromatic heterocycles. The van der Waals surface area contributed by atoms with Crippen LogP contribution in [0.25, 0.3) is 0 Å². The molecular formula is C14H18F3N. The van der Waals surface area contributed by atoms with E-state index >= 15 is 0 Å². The van der Waals surface area contributed by atoms with Crippen molar-refractivity contribution in [3.63, 3.8) is 0 Å². The van der Waals surface area contributed by atoms with E-state index in [2.05, 4.69) is 0 Å². The molecule has 2 N–H and O–H groups in total.